The van der Waals surface area contributed by atoms with Gasteiger partial charge in [0.05, 0.1) is 18.8 Å². The molecule has 0 amide bonds. The Hall–Kier alpha value is -0.120. The highest BCUT2D eigenvalue weighted by Crippen LogP contribution is 2.39. The number of ether oxygens (including phenoxy) is 1. The lowest BCUT2D eigenvalue weighted by Crippen LogP contribution is -2.52. The van der Waals surface area contributed by atoms with Crippen LogP contribution < -0.4 is 0 Å². The fraction of sp³-hybridized carbons (Fsp3) is 1.00. The highest BCUT2D eigenvalue weighted by Gasteiger charge is 2.36. The molecule has 0 spiro atoms. The molecule has 3 heteroatoms. The lowest BCUT2D eigenvalue weighted by molar-refractivity contribution is -0.0770. The summed E-state index contributed by atoms with van der Waals surface area (Å²) in [4.78, 5) is 2.56. The quantitative estimate of drug-likeness (QED) is 0.855. The Bertz CT molecular complexity index is 292. The van der Waals surface area contributed by atoms with Gasteiger partial charge in [-0.1, -0.05) is 20.8 Å². The highest BCUT2D eigenvalue weighted by molar-refractivity contribution is 4.88. The molecule has 0 aromatic heterocycles. The molecule has 0 radical (unpaired) electrons. The number of hydrogen-bond donors (Lipinski definition) is 1. The van der Waals surface area contributed by atoms with Gasteiger partial charge in [0.1, 0.15) is 0 Å². The number of nitrogens with zero attached hydrogens (tertiary/aromatic N) is 1. The summed E-state index contributed by atoms with van der Waals surface area (Å²) in [6.45, 7) is 12.0. The SMILES string of the molecule is CCC1COC(C)CN1CC1CC(C)(C)CCC1O. The van der Waals surface area contributed by atoms with E-state index in [1.165, 1.54) is 0 Å². The van der Waals surface area contributed by atoms with E-state index in [0.717, 1.165) is 45.4 Å². The summed E-state index contributed by atoms with van der Waals surface area (Å²) in [6.07, 6.45) is 4.63. The van der Waals surface area contributed by atoms with Crippen molar-refractivity contribution in [3.63, 3.8) is 0 Å². The summed E-state index contributed by atoms with van der Waals surface area (Å²) >= 11 is 0. The van der Waals surface area contributed by atoms with Gasteiger partial charge in [-0.15, -0.1) is 0 Å². The van der Waals surface area contributed by atoms with Gasteiger partial charge in [-0.05, 0) is 43.9 Å². The smallest absolute Gasteiger partial charge is 0.0674 e. The fourth-order valence-electron chi connectivity index (χ4n) is 3.72. The van der Waals surface area contributed by atoms with Crippen LogP contribution in [-0.4, -0.2) is 48.0 Å². The first-order chi connectivity index (χ1) is 8.91. The molecule has 1 heterocycles. The minimum atomic E-state index is -0.108. The zero-order valence-corrected chi connectivity index (χ0v) is 13.1. The Morgan fingerprint density at radius 2 is 2.11 bits per heavy atom. The first-order valence-corrected chi connectivity index (χ1v) is 7.95. The van der Waals surface area contributed by atoms with E-state index in [-0.39, 0.29) is 6.10 Å². The molecule has 1 N–H and O–H groups in total. The van der Waals surface area contributed by atoms with Gasteiger partial charge in [0, 0.05) is 19.1 Å². The largest absolute Gasteiger partial charge is 0.393 e. The van der Waals surface area contributed by atoms with Crippen molar-refractivity contribution in [1.82, 2.24) is 4.90 Å². The Morgan fingerprint density at radius 1 is 1.37 bits per heavy atom. The van der Waals surface area contributed by atoms with Crippen molar-refractivity contribution in [3.8, 4) is 0 Å². The van der Waals surface area contributed by atoms with Crippen LogP contribution in [0.1, 0.15) is 53.4 Å². The van der Waals surface area contributed by atoms with E-state index in [1.54, 1.807) is 0 Å². The fourth-order valence-corrected chi connectivity index (χ4v) is 3.72. The van der Waals surface area contributed by atoms with E-state index < -0.39 is 0 Å². The Labute approximate surface area is 118 Å². The molecule has 112 valence electrons. The molecule has 2 aliphatic rings. The normalized spacial score (nSPS) is 40.3. The molecule has 19 heavy (non-hydrogen) atoms. The van der Waals surface area contributed by atoms with Crippen molar-refractivity contribution < 1.29 is 9.84 Å². The van der Waals surface area contributed by atoms with Crippen molar-refractivity contribution in [2.24, 2.45) is 11.3 Å². The molecule has 1 saturated heterocycles. The van der Waals surface area contributed by atoms with Crippen molar-refractivity contribution in [2.75, 3.05) is 19.7 Å². The molecule has 1 saturated carbocycles. The van der Waals surface area contributed by atoms with E-state index in [1.807, 2.05) is 0 Å². The lowest BCUT2D eigenvalue weighted by atomic mass is 9.70. The van der Waals surface area contributed by atoms with Crippen LogP contribution in [0.25, 0.3) is 0 Å². The lowest BCUT2D eigenvalue weighted by Gasteiger charge is -2.44. The summed E-state index contributed by atoms with van der Waals surface area (Å²) < 4.78 is 5.76. The predicted octanol–water partition coefficient (Wildman–Crippen LogP) is 2.67. The van der Waals surface area contributed by atoms with E-state index in [9.17, 15) is 5.11 Å². The monoisotopic (exact) mass is 269 g/mol. The Kier molecular flexibility index (Phi) is 4.91. The van der Waals surface area contributed by atoms with Crippen LogP contribution in [0, 0.1) is 11.3 Å². The van der Waals surface area contributed by atoms with E-state index >= 15 is 0 Å². The molecule has 0 bridgehead atoms. The molecule has 3 nitrogen and oxygen atoms in total. The van der Waals surface area contributed by atoms with Crippen LogP contribution in [0.3, 0.4) is 0 Å². The summed E-state index contributed by atoms with van der Waals surface area (Å²) in [7, 11) is 0. The standard InChI is InChI=1S/C16H31NO2/c1-5-14-11-19-12(2)9-17(14)10-13-8-16(3,4)7-6-15(13)18/h12-15,18H,5-11H2,1-4H3. The average molecular weight is 269 g/mol. The Morgan fingerprint density at radius 3 is 2.79 bits per heavy atom. The first kappa shape index (κ1) is 15.3. The van der Waals surface area contributed by atoms with Crippen LogP contribution in [0.5, 0.6) is 0 Å². The molecule has 4 unspecified atom stereocenters. The summed E-state index contributed by atoms with van der Waals surface area (Å²) in [5.74, 6) is 0.433. The summed E-state index contributed by atoms with van der Waals surface area (Å²) in [5, 5.41) is 10.3. The molecule has 0 aromatic rings. The zero-order chi connectivity index (χ0) is 14.0. The van der Waals surface area contributed by atoms with Crippen LogP contribution >= 0.6 is 0 Å². The van der Waals surface area contributed by atoms with Crippen LogP contribution in [0.2, 0.25) is 0 Å². The maximum atomic E-state index is 10.3. The number of aliphatic hydroxyl groups is 1. The second-order valence-corrected chi connectivity index (χ2v) is 7.39. The third kappa shape index (κ3) is 3.93. The number of aliphatic hydroxyl groups excluding tert-OH is 1. The van der Waals surface area contributed by atoms with Gasteiger partial charge in [-0.2, -0.15) is 0 Å². The second kappa shape index (κ2) is 6.11. The van der Waals surface area contributed by atoms with Gasteiger partial charge in [0.15, 0.2) is 0 Å². The van der Waals surface area contributed by atoms with E-state index in [4.69, 9.17) is 4.74 Å². The third-order valence-corrected chi connectivity index (χ3v) is 5.00. The summed E-state index contributed by atoms with van der Waals surface area (Å²) in [5.41, 5.74) is 0.392. The van der Waals surface area contributed by atoms with E-state index in [0.29, 0.717) is 23.5 Å². The van der Waals surface area contributed by atoms with Crippen molar-refractivity contribution in [1.29, 1.82) is 0 Å². The number of hydrogen-bond acceptors (Lipinski definition) is 3. The van der Waals surface area contributed by atoms with Gasteiger partial charge >= 0.3 is 0 Å². The third-order valence-electron chi connectivity index (χ3n) is 5.00. The molecular weight excluding hydrogens is 238 g/mol. The van der Waals surface area contributed by atoms with Crippen LogP contribution in [0.4, 0.5) is 0 Å². The molecular formula is C16H31NO2. The van der Waals surface area contributed by atoms with Crippen molar-refractivity contribution in [2.45, 2.75) is 71.6 Å². The van der Waals surface area contributed by atoms with E-state index in [2.05, 4.69) is 32.6 Å². The maximum absolute atomic E-state index is 10.3. The first-order valence-electron chi connectivity index (χ1n) is 7.95. The minimum Gasteiger partial charge on any atom is -0.393 e. The molecule has 1 aliphatic heterocycles. The average Bonchev–Trinajstić information content (AvgIpc) is 2.34. The topological polar surface area (TPSA) is 32.7 Å². The molecule has 2 fully saturated rings. The van der Waals surface area contributed by atoms with Crippen molar-refractivity contribution in [3.05, 3.63) is 0 Å². The second-order valence-electron chi connectivity index (χ2n) is 7.39. The zero-order valence-electron chi connectivity index (χ0n) is 13.1. The van der Waals surface area contributed by atoms with Crippen molar-refractivity contribution >= 4 is 0 Å². The van der Waals surface area contributed by atoms with Crippen LogP contribution in [-0.2, 0) is 4.74 Å². The maximum Gasteiger partial charge on any atom is 0.0674 e. The van der Waals surface area contributed by atoms with Crippen LogP contribution in [0.15, 0.2) is 0 Å². The van der Waals surface area contributed by atoms with Gasteiger partial charge in [-0.25, -0.2) is 0 Å². The molecule has 4 atom stereocenters. The molecule has 2 rings (SSSR count). The minimum absolute atomic E-state index is 0.108. The predicted molar refractivity (Wildman–Crippen MR) is 78.2 cm³/mol. The molecule has 1 aliphatic carbocycles. The molecule has 0 aromatic carbocycles. The highest BCUT2D eigenvalue weighted by atomic mass is 16.5. The Balaban J connectivity index is 1.97. The van der Waals surface area contributed by atoms with Gasteiger partial charge in [-0.3, -0.25) is 4.90 Å². The summed E-state index contributed by atoms with van der Waals surface area (Å²) in [6, 6.07) is 0.536. The van der Waals surface area contributed by atoms with Gasteiger partial charge in [0.25, 0.3) is 0 Å². The van der Waals surface area contributed by atoms with Gasteiger partial charge in [0.2, 0.25) is 0 Å². The number of morpholine rings is 1. The number of rotatable bonds is 3. The van der Waals surface area contributed by atoms with Gasteiger partial charge < -0.3 is 9.84 Å².